The van der Waals surface area contributed by atoms with Crippen LogP contribution in [0.2, 0.25) is 0 Å². The van der Waals surface area contributed by atoms with Gasteiger partial charge in [-0.2, -0.15) is 0 Å². The summed E-state index contributed by atoms with van der Waals surface area (Å²) in [6.07, 6.45) is 1.04. The lowest BCUT2D eigenvalue weighted by molar-refractivity contribution is 0.0953. The first kappa shape index (κ1) is 20.9. The first-order valence-corrected chi connectivity index (χ1v) is 8.35. The molecule has 2 N–H and O–H groups in total. The largest absolute Gasteiger partial charge is 0.351 e. The first-order valence-electron chi connectivity index (χ1n) is 6.91. The molecule has 0 saturated carbocycles. The number of halogens is 1. The zero-order valence-corrected chi connectivity index (χ0v) is 14.8. The quantitative estimate of drug-likeness (QED) is 0.689. The van der Waals surface area contributed by atoms with Crippen LogP contribution < -0.4 is 10.6 Å². The van der Waals surface area contributed by atoms with Gasteiger partial charge in [-0.15, -0.1) is 12.4 Å². The normalized spacial score (nSPS) is 11.1. The lowest BCUT2D eigenvalue weighted by atomic mass is 10.2. The third kappa shape index (κ3) is 5.92. The van der Waals surface area contributed by atoms with E-state index in [0.29, 0.717) is 18.7 Å². The highest BCUT2D eigenvalue weighted by Gasteiger charge is 2.18. The van der Waals surface area contributed by atoms with E-state index in [1.54, 1.807) is 12.1 Å². The molecule has 0 fully saturated rings. The maximum absolute atomic E-state index is 12.0. The Morgan fingerprint density at radius 1 is 1.18 bits per heavy atom. The number of amides is 1. The van der Waals surface area contributed by atoms with Gasteiger partial charge in [-0.3, -0.25) is 4.79 Å². The predicted octanol–water partition coefficient (Wildman–Crippen LogP) is 1.09. The number of hydrogen-bond donors (Lipinski definition) is 2. The van der Waals surface area contributed by atoms with Crippen LogP contribution in [0.3, 0.4) is 0 Å². The highest BCUT2D eigenvalue weighted by atomic mass is 35.5. The summed E-state index contributed by atoms with van der Waals surface area (Å²) in [7, 11) is -0.605. The molecule has 1 aromatic carbocycles. The molecule has 0 radical (unpaired) electrons. The second-order valence-corrected chi connectivity index (χ2v) is 6.97. The highest BCUT2D eigenvalue weighted by Crippen LogP contribution is 2.14. The number of carbonyl (C=O) groups excluding carboxylic acids is 1. The Labute approximate surface area is 138 Å². The second kappa shape index (κ2) is 9.78. The van der Waals surface area contributed by atoms with E-state index in [-0.39, 0.29) is 23.2 Å². The minimum Gasteiger partial charge on any atom is -0.351 e. The third-order valence-electron chi connectivity index (χ3n) is 2.89. The topological polar surface area (TPSA) is 78.5 Å². The molecule has 0 aliphatic rings. The van der Waals surface area contributed by atoms with Gasteiger partial charge in [0.15, 0.2) is 0 Å². The molecule has 126 valence electrons. The van der Waals surface area contributed by atoms with E-state index in [2.05, 4.69) is 17.6 Å². The number of benzene rings is 1. The average molecular weight is 350 g/mol. The fraction of sp³-hybridized carbons (Fsp3) is 0.500. The van der Waals surface area contributed by atoms with Crippen molar-refractivity contribution in [1.29, 1.82) is 0 Å². The Balaban J connectivity index is 0.00000441. The molecule has 1 rings (SSSR count). The minimum atomic E-state index is -3.52. The maximum Gasteiger partial charge on any atom is 0.251 e. The Hall–Kier alpha value is -1.15. The van der Waals surface area contributed by atoms with Crippen molar-refractivity contribution in [2.75, 3.05) is 33.7 Å². The van der Waals surface area contributed by atoms with Gasteiger partial charge < -0.3 is 10.6 Å². The van der Waals surface area contributed by atoms with Crippen LogP contribution in [0.5, 0.6) is 0 Å². The van der Waals surface area contributed by atoms with Gasteiger partial charge in [-0.1, -0.05) is 13.0 Å². The summed E-state index contributed by atoms with van der Waals surface area (Å²) in [5, 5.41) is 5.93. The standard InChI is InChI=1S/C14H23N3O3S.ClH/c1-4-8-15-9-10-16-14(18)12-6-5-7-13(11-12)21(19,20)17(2)3;/h5-7,11,15H,4,8-10H2,1-3H3,(H,16,18);1H. The Morgan fingerprint density at radius 3 is 2.45 bits per heavy atom. The van der Waals surface area contributed by atoms with Crippen molar-refractivity contribution in [1.82, 2.24) is 14.9 Å². The minimum absolute atomic E-state index is 0. The Morgan fingerprint density at radius 2 is 1.86 bits per heavy atom. The lowest BCUT2D eigenvalue weighted by Gasteiger charge is -2.12. The van der Waals surface area contributed by atoms with Crippen molar-refractivity contribution in [3.63, 3.8) is 0 Å². The van der Waals surface area contributed by atoms with Crippen molar-refractivity contribution in [3.05, 3.63) is 29.8 Å². The number of sulfonamides is 1. The molecule has 0 atom stereocenters. The van der Waals surface area contributed by atoms with E-state index in [9.17, 15) is 13.2 Å². The van der Waals surface area contributed by atoms with Gasteiger partial charge in [0.2, 0.25) is 10.0 Å². The van der Waals surface area contributed by atoms with E-state index in [1.807, 2.05) is 0 Å². The average Bonchev–Trinajstić information content (AvgIpc) is 2.46. The van der Waals surface area contributed by atoms with Gasteiger partial charge >= 0.3 is 0 Å². The lowest BCUT2D eigenvalue weighted by Crippen LogP contribution is -2.32. The third-order valence-corrected chi connectivity index (χ3v) is 4.70. The zero-order chi connectivity index (χ0) is 15.9. The van der Waals surface area contributed by atoms with Gasteiger partial charge in [0.25, 0.3) is 5.91 Å². The summed E-state index contributed by atoms with van der Waals surface area (Å²) >= 11 is 0. The Bertz CT molecular complexity index is 576. The van der Waals surface area contributed by atoms with Crippen LogP contribution in [-0.2, 0) is 10.0 Å². The maximum atomic E-state index is 12.0. The number of nitrogens with one attached hydrogen (secondary N) is 2. The fourth-order valence-corrected chi connectivity index (χ4v) is 2.62. The smallest absolute Gasteiger partial charge is 0.251 e. The molecule has 1 aromatic rings. The molecule has 0 saturated heterocycles. The second-order valence-electron chi connectivity index (χ2n) is 4.82. The van der Waals surface area contributed by atoms with Gasteiger partial charge in [0, 0.05) is 32.7 Å². The van der Waals surface area contributed by atoms with E-state index in [1.165, 1.54) is 26.2 Å². The van der Waals surface area contributed by atoms with Crippen LogP contribution in [0, 0.1) is 0 Å². The van der Waals surface area contributed by atoms with E-state index in [4.69, 9.17) is 0 Å². The van der Waals surface area contributed by atoms with Crippen LogP contribution >= 0.6 is 12.4 Å². The summed E-state index contributed by atoms with van der Waals surface area (Å²) in [6.45, 7) is 4.17. The summed E-state index contributed by atoms with van der Waals surface area (Å²) in [4.78, 5) is 12.1. The fourth-order valence-electron chi connectivity index (χ4n) is 1.68. The summed E-state index contributed by atoms with van der Waals surface area (Å²) < 4.78 is 25.2. The molecule has 0 aliphatic heterocycles. The summed E-state index contributed by atoms with van der Waals surface area (Å²) in [6, 6.07) is 6.04. The zero-order valence-electron chi connectivity index (χ0n) is 13.1. The van der Waals surface area contributed by atoms with Crippen molar-refractivity contribution in [2.45, 2.75) is 18.2 Å². The molecule has 0 aromatic heterocycles. The molecular formula is C14H24ClN3O3S. The SMILES string of the molecule is CCCNCCNC(=O)c1cccc(S(=O)(=O)N(C)C)c1.Cl. The molecule has 0 unspecified atom stereocenters. The van der Waals surface area contributed by atoms with E-state index >= 15 is 0 Å². The Kier molecular flexibility index (Phi) is 9.27. The highest BCUT2D eigenvalue weighted by molar-refractivity contribution is 7.89. The number of nitrogens with zero attached hydrogens (tertiary/aromatic N) is 1. The number of carbonyl (C=O) groups is 1. The van der Waals surface area contributed by atoms with Gasteiger partial charge in [-0.05, 0) is 31.2 Å². The van der Waals surface area contributed by atoms with Gasteiger partial charge in [0.1, 0.15) is 0 Å². The molecule has 22 heavy (non-hydrogen) atoms. The van der Waals surface area contributed by atoms with Crippen LogP contribution in [0.1, 0.15) is 23.7 Å². The van der Waals surface area contributed by atoms with Crippen molar-refractivity contribution in [2.24, 2.45) is 0 Å². The molecule has 0 heterocycles. The molecule has 0 aliphatic carbocycles. The number of rotatable bonds is 8. The summed E-state index contributed by atoms with van der Waals surface area (Å²) in [5.41, 5.74) is 0.341. The van der Waals surface area contributed by atoms with Crippen LogP contribution in [0.15, 0.2) is 29.2 Å². The molecular weight excluding hydrogens is 326 g/mol. The van der Waals surface area contributed by atoms with Crippen LogP contribution in [-0.4, -0.2) is 52.4 Å². The van der Waals surface area contributed by atoms with E-state index in [0.717, 1.165) is 17.3 Å². The predicted molar refractivity (Wildman–Crippen MR) is 90.1 cm³/mol. The molecule has 8 heteroatoms. The van der Waals surface area contributed by atoms with Crippen molar-refractivity contribution >= 4 is 28.3 Å². The first-order chi connectivity index (χ1) is 9.89. The monoisotopic (exact) mass is 349 g/mol. The summed E-state index contributed by atoms with van der Waals surface area (Å²) in [5.74, 6) is -0.274. The van der Waals surface area contributed by atoms with Crippen molar-refractivity contribution in [3.8, 4) is 0 Å². The van der Waals surface area contributed by atoms with Crippen molar-refractivity contribution < 1.29 is 13.2 Å². The van der Waals surface area contributed by atoms with Gasteiger partial charge in [-0.25, -0.2) is 12.7 Å². The van der Waals surface area contributed by atoms with Crippen LogP contribution in [0.25, 0.3) is 0 Å². The molecule has 1 amide bonds. The van der Waals surface area contributed by atoms with Crippen LogP contribution in [0.4, 0.5) is 0 Å². The molecule has 0 bridgehead atoms. The molecule has 6 nitrogen and oxygen atoms in total. The molecule has 0 spiro atoms. The van der Waals surface area contributed by atoms with Gasteiger partial charge in [0.05, 0.1) is 4.90 Å². The number of hydrogen-bond acceptors (Lipinski definition) is 4. The van der Waals surface area contributed by atoms with E-state index < -0.39 is 10.0 Å².